The molecule has 0 spiro atoms. The summed E-state index contributed by atoms with van der Waals surface area (Å²) in [5.41, 5.74) is 2.10. The topological polar surface area (TPSA) is 49.0 Å². The lowest BCUT2D eigenvalue weighted by molar-refractivity contribution is -0.139. The lowest BCUT2D eigenvalue weighted by Gasteiger charge is -2.40. The molecule has 1 aliphatic carbocycles. The molecule has 1 N–H and O–H groups in total. The van der Waals surface area contributed by atoms with Gasteiger partial charge in [-0.05, 0) is 24.3 Å². The van der Waals surface area contributed by atoms with Crippen LogP contribution in [-0.4, -0.2) is 27.5 Å². The van der Waals surface area contributed by atoms with Crippen molar-refractivity contribution in [2.24, 2.45) is 0 Å². The van der Waals surface area contributed by atoms with E-state index in [1.54, 1.807) is 11.3 Å². The molecule has 2 aromatic rings. The Labute approximate surface area is 134 Å². The van der Waals surface area contributed by atoms with Crippen molar-refractivity contribution in [1.82, 2.24) is 15.1 Å². The minimum absolute atomic E-state index is 0.270. The first kappa shape index (κ1) is 14.0. The molecule has 4 rings (SSSR count). The van der Waals surface area contributed by atoms with E-state index in [0.29, 0.717) is 12.5 Å². The highest BCUT2D eigenvalue weighted by Crippen LogP contribution is 2.43. The number of fused-ring (bicyclic) bond motifs is 1. The maximum atomic E-state index is 13.4. The number of aromatic nitrogens is 2. The van der Waals surface area contributed by atoms with Gasteiger partial charge < -0.3 is 4.90 Å². The number of hydrogen-bond donors (Lipinski definition) is 1. The SMILES string of the molecule is O=C(N1CCc2[nH]ncc2C1)C1(c2cccs2)CCCCC1. The number of nitrogens with zero attached hydrogens (tertiary/aromatic N) is 2. The minimum Gasteiger partial charge on any atom is -0.337 e. The highest BCUT2D eigenvalue weighted by atomic mass is 32.1. The Balaban J connectivity index is 1.64. The van der Waals surface area contributed by atoms with E-state index < -0.39 is 0 Å². The molecule has 1 fully saturated rings. The van der Waals surface area contributed by atoms with Gasteiger partial charge in [0.05, 0.1) is 11.6 Å². The summed E-state index contributed by atoms with van der Waals surface area (Å²) in [6.45, 7) is 1.51. The predicted molar refractivity (Wildman–Crippen MR) is 86.8 cm³/mol. The first-order valence-electron chi connectivity index (χ1n) is 8.14. The van der Waals surface area contributed by atoms with E-state index in [2.05, 4.69) is 32.6 Å². The van der Waals surface area contributed by atoms with Crippen LogP contribution in [0.2, 0.25) is 0 Å². The van der Waals surface area contributed by atoms with Gasteiger partial charge in [-0.3, -0.25) is 9.89 Å². The van der Waals surface area contributed by atoms with E-state index in [1.807, 2.05) is 6.20 Å². The first-order chi connectivity index (χ1) is 10.8. The Morgan fingerprint density at radius 1 is 1.32 bits per heavy atom. The van der Waals surface area contributed by atoms with Crippen molar-refractivity contribution in [3.05, 3.63) is 39.8 Å². The fourth-order valence-corrected chi connectivity index (χ4v) is 4.95. The molecule has 3 heterocycles. The highest BCUT2D eigenvalue weighted by Gasteiger charge is 2.44. The number of hydrogen-bond acceptors (Lipinski definition) is 3. The van der Waals surface area contributed by atoms with Crippen LogP contribution < -0.4 is 0 Å². The maximum absolute atomic E-state index is 13.4. The van der Waals surface area contributed by atoms with Crippen LogP contribution in [0.25, 0.3) is 0 Å². The molecule has 1 saturated carbocycles. The van der Waals surface area contributed by atoms with Gasteiger partial charge in [-0.1, -0.05) is 25.3 Å². The van der Waals surface area contributed by atoms with Gasteiger partial charge >= 0.3 is 0 Å². The summed E-state index contributed by atoms with van der Waals surface area (Å²) in [7, 11) is 0. The molecule has 1 aliphatic heterocycles. The van der Waals surface area contributed by atoms with Crippen LogP contribution in [0, 0.1) is 0 Å². The van der Waals surface area contributed by atoms with Crippen molar-refractivity contribution in [1.29, 1.82) is 0 Å². The summed E-state index contributed by atoms with van der Waals surface area (Å²) in [6, 6.07) is 4.23. The molecular formula is C17H21N3OS. The largest absolute Gasteiger partial charge is 0.337 e. The van der Waals surface area contributed by atoms with E-state index in [4.69, 9.17) is 0 Å². The summed E-state index contributed by atoms with van der Waals surface area (Å²) in [4.78, 5) is 16.7. The molecule has 0 atom stereocenters. The van der Waals surface area contributed by atoms with Crippen LogP contribution >= 0.6 is 11.3 Å². The van der Waals surface area contributed by atoms with Crippen molar-refractivity contribution in [2.75, 3.05) is 6.54 Å². The number of rotatable bonds is 2. The Morgan fingerprint density at radius 2 is 2.18 bits per heavy atom. The second-order valence-corrected chi connectivity index (χ2v) is 7.42. The van der Waals surface area contributed by atoms with Crippen LogP contribution in [-0.2, 0) is 23.2 Å². The number of nitrogens with one attached hydrogen (secondary N) is 1. The second kappa shape index (κ2) is 5.54. The van der Waals surface area contributed by atoms with E-state index in [-0.39, 0.29) is 5.41 Å². The molecular weight excluding hydrogens is 294 g/mol. The molecule has 1 amide bonds. The van der Waals surface area contributed by atoms with E-state index in [9.17, 15) is 4.79 Å². The van der Waals surface area contributed by atoms with Crippen molar-refractivity contribution in [2.45, 2.75) is 50.5 Å². The van der Waals surface area contributed by atoms with Crippen molar-refractivity contribution in [3.63, 3.8) is 0 Å². The molecule has 5 heteroatoms. The fraction of sp³-hybridized carbons (Fsp3) is 0.529. The van der Waals surface area contributed by atoms with Gasteiger partial charge in [0.25, 0.3) is 0 Å². The number of carbonyl (C=O) groups excluding carboxylic acids is 1. The molecule has 0 bridgehead atoms. The van der Waals surface area contributed by atoms with Gasteiger partial charge in [-0.2, -0.15) is 5.10 Å². The van der Waals surface area contributed by atoms with Crippen LogP contribution in [0.3, 0.4) is 0 Å². The Hall–Kier alpha value is -1.62. The molecule has 0 unspecified atom stereocenters. The number of amides is 1. The van der Waals surface area contributed by atoms with Crippen molar-refractivity contribution < 1.29 is 4.79 Å². The van der Waals surface area contributed by atoms with Gasteiger partial charge in [0, 0.05) is 35.6 Å². The van der Waals surface area contributed by atoms with Gasteiger partial charge in [0.2, 0.25) is 5.91 Å². The maximum Gasteiger partial charge on any atom is 0.234 e. The Kier molecular flexibility index (Phi) is 3.53. The third-order valence-electron chi connectivity index (χ3n) is 5.20. The molecule has 0 saturated heterocycles. The molecule has 22 heavy (non-hydrogen) atoms. The third-order valence-corrected chi connectivity index (χ3v) is 6.27. The Morgan fingerprint density at radius 3 is 2.95 bits per heavy atom. The summed E-state index contributed by atoms with van der Waals surface area (Å²) >= 11 is 1.74. The van der Waals surface area contributed by atoms with E-state index >= 15 is 0 Å². The number of carbonyl (C=O) groups is 1. The monoisotopic (exact) mass is 315 g/mol. The van der Waals surface area contributed by atoms with Crippen molar-refractivity contribution in [3.8, 4) is 0 Å². The average Bonchev–Trinajstić information content (AvgIpc) is 3.25. The summed E-state index contributed by atoms with van der Waals surface area (Å²) in [5.74, 6) is 0.335. The molecule has 2 aromatic heterocycles. The van der Waals surface area contributed by atoms with Crippen LogP contribution in [0.1, 0.15) is 48.2 Å². The number of aromatic amines is 1. The molecule has 4 nitrogen and oxygen atoms in total. The quantitative estimate of drug-likeness (QED) is 0.925. The zero-order chi connectivity index (χ0) is 15.0. The van der Waals surface area contributed by atoms with Gasteiger partial charge in [-0.25, -0.2) is 0 Å². The van der Waals surface area contributed by atoms with E-state index in [1.165, 1.54) is 22.6 Å². The standard InChI is InChI=1S/C17H21N3OS/c21-16(20-9-6-14-13(12-20)11-18-19-14)17(7-2-1-3-8-17)15-5-4-10-22-15/h4-5,10-11H,1-3,6-9,12H2,(H,18,19). The van der Waals surface area contributed by atoms with Crippen LogP contribution in [0.4, 0.5) is 0 Å². The molecule has 116 valence electrons. The van der Waals surface area contributed by atoms with E-state index in [0.717, 1.165) is 38.6 Å². The van der Waals surface area contributed by atoms with Gasteiger partial charge in [-0.15, -0.1) is 11.3 Å². The number of thiophene rings is 1. The lowest BCUT2D eigenvalue weighted by atomic mass is 9.71. The fourth-order valence-electron chi connectivity index (χ4n) is 3.97. The summed E-state index contributed by atoms with van der Waals surface area (Å²) in [5, 5.41) is 9.26. The predicted octanol–water partition coefficient (Wildman–Crippen LogP) is 3.26. The average molecular weight is 315 g/mol. The molecule has 0 radical (unpaired) electrons. The summed E-state index contributed by atoms with van der Waals surface area (Å²) in [6.07, 6.45) is 8.34. The number of H-pyrrole nitrogens is 1. The summed E-state index contributed by atoms with van der Waals surface area (Å²) < 4.78 is 0. The van der Waals surface area contributed by atoms with Gasteiger partial charge in [0.1, 0.15) is 0 Å². The van der Waals surface area contributed by atoms with Crippen molar-refractivity contribution >= 4 is 17.2 Å². The second-order valence-electron chi connectivity index (χ2n) is 6.47. The minimum atomic E-state index is -0.270. The normalized spacial score (nSPS) is 20.6. The van der Waals surface area contributed by atoms with Gasteiger partial charge in [0.15, 0.2) is 0 Å². The third kappa shape index (κ3) is 2.19. The first-order valence-corrected chi connectivity index (χ1v) is 9.02. The van der Waals surface area contributed by atoms with Crippen LogP contribution in [0.15, 0.2) is 23.7 Å². The highest BCUT2D eigenvalue weighted by molar-refractivity contribution is 7.10. The van der Waals surface area contributed by atoms with Crippen LogP contribution in [0.5, 0.6) is 0 Å². The molecule has 2 aliphatic rings. The molecule has 0 aromatic carbocycles. The zero-order valence-electron chi connectivity index (χ0n) is 12.7. The zero-order valence-corrected chi connectivity index (χ0v) is 13.5. The smallest absolute Gasteiger partial charge is 0.234 e. The lowest BCUT2D eigenvalue weighted by Crippen LogP contribution is -2.49. The Bertz CT molecular complexity index is 655.